The van der Waals surface area contributed by atoms with Crippen LogP contribution in [0.15, 0.2) is 53.6 Å². The molecule has 20 heavy (non-hydrogen) atoms. The Bertz CT molecular complexity index is 465. The zero-order chi connectivity index (χ0) is 14.8. The lowest BCUT2D eigenvalue weighted by atomic mass is 10.1. The number of hydrogen-bond acceptors (Lipinski definition) is 2. The molecule has 1 aromatic carbocycles. The normalized spacial score (nSPS) is 11.1. The van der Waals surface area contributed by atoms with Gasteiger partial charge in [0.05, 0.1) is 12.2 Å². The minimum Gasteiger partial charge on any atom is -0.462 e. The fourth-order valence-corrected chi connectivity index (χ4v) is 1.81. The van der Waals surface area contributed by atoms with Gasteiger partial charge in [-0.2, -0.15) is 0 Å². The van der Waals surface area contributed by atoms with Crippen LogP contribution in [0.2, 0.25) is 0 Å². The van der Waals surface area contributed by atoms with E-state index < -0.39 is 0 Å². The van der Waals surface area contributed by atoms with Crippen molar-refractivity contribution in [3.63, 3.8) is 0 Å². The molecule has 0 saturated carbocycles. The molecule has 0 bridgehead atoms. The Morgan fingerprint density at radius 3 is 2.40 bits per heavy atom. The molecule has 2 heteroatoms. The summed E-state index contributed by atoms with van der Waals surface area (Å²) in [6.07, 6.45) is 7.31. The van der Waals surface area contributed by atoms with Crippen LogP contribution in [-0.2, 0) is 4.74 Å². The van der Waals surface area contributed by atoms with Crippen LogP contribution in [0.1, 0.15) is 50.4 Å². The molecule has 0 saturated heterocycles. The molecule has 0 spiro atoms. The molecule has 108 valence electrons. The van der Waals surface area contributed by atoms with Crippen molar-refractivity contribution in [1.29, 1.82) is 0 Å². The van der Waals surface area contributed by atoms with Gasteiger partial charge in [-0.25, -0.2) is 4.79 Å². The van der Waals surface area contributed by atoms with E-state index in [2.05, 4.69) is 32.9 Å². The van der Waals surface area contributed by atoms with E-state index in [9.17, 15) is 4.79 Å². The number of benzene rings is 1. The van der Waals surface area contributed by atoms with Crippen molar-refractivity contribution >= 4 is 5.97 Å². The Morgan fingerprint density at radius 2 is 1.75 bits per heavy atom. The maximum absolute atomic E-state index is 11.7. The topological polar surface area (TPSA) is 26.3 Å². The summed E-state index contributed by atoms with van der Waals surface area (Å²) in [7, 11) is 0. The van der Waals surface area contributed by atoms with E-state index in [1.807, 2.05) is 18.2 Å². The Kier molecular flexibility index (Phi) is 7.41. The van der Waals surface area contributed by atoms with Gasteiger partial charge in [0.15, 0.2) is 0 Å². The zero-order valence-corrected chi connectivity index (χ0v) is 12.7. The minimum atomic E-state index is -0.249. The van der Waals surface area contributed by atoms with Gasteiger partial charge in [0.25, 0.3) is 0 Å². The number of esters is 1. The van der Waals surface area contributed by atoms with Gasteiger partial charge in [0.1, 0.15) is 0 Å². The molecule has 1 aromatic rings. The van der Waals surface area contributed by atoms with Crippen LogP contribution in [-0.4, -0.2) is 12.6 Å². The van der Waals surface area contributed by atoms with E-state index in [0.717, 1.165) is 19.3 Å². The molecule has 0 radical (unpaired) electrons. The van der Waals surface area contributed by atoms with E-state index in [0.29, 0.717) is 12.2 Å². The molecule has 0 aliphatic rings. The summed E-state index contributed by atoms with van der Waals surface area (Å²) in [5.74, 6) is -0.249. The highest BCUT2D eigenvalue weighted by atomic mass is 16.5. The van der Waals surface area contributed by atoms with Crippen molar-refractivity contribution in [3.05, 3.63) is 59.2 Å². The lowest BCUT2D eigenvalue weighted by Gasteiger charge is -2.03. The SMILES string of the molecule is CC(C)=CCC/C(C)=C\CCOC(=O)c1ccccc1. The summed E-state index contributed by atoms with van der Waals surface area (Å²) in [4.78, 5) is 11.7. The molecule has 1 rings (SSSR count). The van der Waals surface area contributed by atoms with Gasteiger partial charge < -0.3 is 4.74 Å². The fourth-order valence-electron chi connectivity index (χ4n) is 1.81. The molecule has 0 heterocycles. The molecule has 0 atom stereocenters. The van der Waals surface area contributed by atoms with Crippen LogP contribution in [0.3, 0.4) is 0 Å². The second-order valence-corrected chi connectivity index (χ2v) is 5.16. The van der Waals surface area contributed by atoms with Gasteiger partial charge in [-0.15, -0.1) is 0 Å². The number of rotatable bonds is 7. The van der Waals surface area contributed by atoms with Gasteiger partial charge in [-0.05, 0) is 52.2 Å². The lowest BCUT2D eigenvalue weighted by molar-refractivity contribution is 0.0511. The van der Waals surface area contributed by atoms with Gasteiger partial charge in [0.2, 0.25) is 0 Å². The molecule has 0 unspecified atom stereocenters. The van der Waals surface area contributed by atoms with Gasteiger partial charge in [-0.1, -0.05) is 41.5 Å². The zero-order valence-electron chi connectivity index (χ0n) is 12.7. The van der Waals surface area contributed by atoms with Crippen molar-refractivity contribution in [2.24, 2.45) is 0 Å². The molecule has 0 aliphatic carbocycles. The highest BCUT2D eigenvalue weighted by Crippen LogP contribution is 2.08. The maximum Gasteiger partial charge on any atom is 0.338 e. The van der Waals surface area contributed by atoms with Crippen LogP contribution < -0.4 is 0 Å². The lowest BCUT2D eigenvalue weighted by Crippen LogP contribution is -2.05. The second-order valence-electron chi connectivity index (χ2n) is 5.16. The summed E-state index contributed by atoms with van der Waals surface area (Å²) in [6.45, 7) is 6.79. The number of carbonyl (C=O) groups is 1. The Hall–Kier alpha value is -1.83. The predicted molar refractivity (Wildman–Crippen MR) is 83.8 cm³/mol. The third-order valence-electron chi connectivity index (χ3n) is 2.94. The first-order valence-electron chi connectivity index (χ1n) is 7.11. The quantitative estimate of drug-likeness (QED) is 0.400. The molecular weight excluding hydrogens is 248 g/mol. The summed E-state index contributed by atoms with van der Waals surface area (Å²) in [5.41, 5.74) is 3.31. The maximum atomic E-state index is 11.7. The smallest absolute Gasteiger partial charge is 0.338 e. The van der Waals surface area contributed by atoms with E-state index in [4.69, 9.17) is 4.74 Å². The van der Waals surface area contributed by atoms with Gasteiger partial charge >= 0.3 is 5.97 Å². The van der Waals surface area contributed by atoms with E-state index in [1.165, 1.54) is 11.1 Å². The minimum absolute atomic E-state index is 0.249. The third kappa shape index (κ3) is 6.93. The van der Waals surface area contributed by atoms with Crippen LogP contribution in [0.25, 0.3) is 0 Å². The van der Waals surface area contributed by atoms with Crippen molar-refractivity contribution in [2.75, 3.05) is 6.61 Å². The Morgan fingerprint density at radius 1 is 1.05 bits per heavy atom. The number of hydrogen-bond donors (Lipinski definition) is 0. The first-order chi connectivity index (χ1) is 9.59. The van der Waals surface area contributed by atoms with Gasteiger partial charge in [0, 0.05) is 0 Å². The van der Waals surface area contributed by atoms with Gasteiger partial charge in [-0.3, -0.25) is 0 Å². The molecule has 0 N–H and O–H groups in total. The summed E-state index contributed by atoms with van der Waals surface area (Å²) >= 11 is 0. The highest BCUT2D eigenvalue weighted by Gasteiger charge is 2.04. The Balaban J connectivity index is 2.24. The molecule has 2 nitrogen and oxygen atoms in total. The van der Waals surface area contributed by atoms with Crippen molar-refractivity contribution in [2.45, 2.75) is 40.0 Å². The molecule has 0 aliphatic heterocycles. The van der Waals surface area contributed by atoms with E-state index in [-0.39, 0.29) is 5.97 Å². The van der Waals surface area contributed by atoms with Crippen molar-refractivity contribution in [1.82, 2.24) is 0 Å². The fraction of sp³-hybridized carbons (Fsp3) is 0.389. The monoisotopic (exact) mass is 272 g/mol. The van der Waals surface area contributed by atoms with Crippen LogP contribution in [0.5, 0.6) is 0 Å². The summed E-state index contributed by atoms with van der Waals surface area (Å²) in [5, 5.41) is 0. The number of ether oxygens (including phenoxy) is 1. The van der Waals surface area contributed by atoms with E-state index >= 15 is 0 Å². The van der Waals surface area contributed by atoms with E-state index in [1.54, 1.807) is 12.1 Å². The average Bonchev–Trinajstić information content (AvgIpc) is 2.44. The van der Waals surface area contributed by atoms with Crippen molar-refractivity contribution < 1.29 is 9.53 Å². The molecule has 0 fully saturated rings. The Labute approximate surface area is 122 Å². The van der Waals surface area contributed by atoms with Crippen LogP contribution in [0, 0.1) is 0 Å². The first-order valence-corrected chi connectivity index (χ1v) is 7.11. The molecule has 0 aromatic heterocycles. The van der Waals surface area contributed by atoms with Crippen LogP contribution in [0.4, 0.5) is 0 Å². The standard InChI is InChI=1S/C18H24O2/c1-15(2)9-7-10-16(3)11-8-14-20-18(19)17-12-5-4-6-13-17/h4-6,9,11-13H,7-8,10,14H2,1-3H3/b16-11-. The first kappa shape index (κ1) is 16.2. The number of carbonyl (C=O) groups excluding carboxylic acids is 1. The van der Waals surface area contributed by atoms with Crippen LogP contribution >= 0.6 is 0 Å². The number of allylic oxidation sites excluding steroid dienone is 3. The molecular formula is C18H24O2. The summed E-state index contributed by atoms with van der Waals surface area (Å²) in [6, 6.07) is 9.09. The average molecular weight is 272 g/mol. The summed E-state index contributed by atoms with van der Waals surface area (Å²) < 4.78 is 5.23. The van der Waals surface area contributed by atoms with Crippen molar-refractivity contribution in [3.8, 4) is 0 Å². The highest BCUT2D eigenvalue weighted by molar-refractivity contribution is 5.89. The third-order valence-corrected chi connectivity index (χ3v) is 2.94. The predicted octanol–water partition coefficient (Wildman–Crippen LogP) is 4.93. The second kappa shape index (κ2) is 9.13. The largest absolute Gasteiger partial charge is 0.462 e. The molecule has 0 amide bonds.